The van der Waals surface area contributed by atoms with Gasteiger partial charge in [-0.3, -0.25) is 0 Å². The number of nitrogens with zero attached hydrogens (tertiary/aromatic N) is 1. The summed E-state index contributed by atoms with van der Waals surface area (Å²) in [4.78, 5) is 2.15. The van der Waals surface area contributed by atoms with Crippen LogP contribution in [0.15, 0.2) is 18.2 Å². The van der Waals surface area contributed by atoms with Crippen molar-refractivity contribution in [1.82, 2.24) is 4.90 Å². The van der Waals surface area contributed by atoms with Crippen LogP contribution in [0.5, 0.6) is 0 Å². The predicted molar refractivity (Wildman–Crippen MR) is 59.6 cm³/mol. The van der Waals surface area contributed by atoms with E-state index in [-0.39, 0.29) is 22.8 Å². The van der Waals surface area contributed by atoms with E-state index in [1.54, 1.807) is 6.07 Å². The maximum atomic E-state index is 13.3. The lowest BCUT2D eigenvalue weighted by atomic mass is 9.95. The van der Waals surface area contributed by atoms with Crippen molar-refractivity contribution in [2.75, 3.05) is 20.1 Å². The minimum atomic E-state index is -0.365. The standard InChI is InChI=1S/C11H14ClFN2/c1-15-5-8(11(14)6-15)7-2-3-9(12)10(13)4-7/h2-4,8,11H,5-6,14H2,1H3. The van der Waals surface area contributed by atoms with Crippen LogP contribution < -0.4 is 5.73 Å². The highest BCUT2D eigenvalue weighted by molar-refractivity contribution is 6.30. The van der Waals surface area contributed by atoms with E-state index in [1.165, 1.54) is 6.07 Å². The molecule has 1 aliphatic rings. The SMILES string of the molecule is CN1CC(N)C(c2ccc(Cl)c(F)c2)C1. The molecule has 0 bridgehead atoms. The zero-order valence-electron chi connectivity index (χ0n) is 8.58. The van der Waals surface area contributed by atoms with Gasteiger partial charge in [-0.05, 0) is 24.7 Å². The number of benzene rings is 1. The Morgan fingerprint density at radius 2 is 2.20 bits per heavy atom. The summed E-state index contributed by atoms with van der Waals surface area (Å²) in [6.07, 6.45) is 0. The van der Waals surface area contributed by atoms with Crippen molar-refractivity contribution in [3.63, 3.8) is 0 Å². The lowest BCUT2D eigenvalue weighted by Crippen LogP contribution is -2.27. The van der Waals surface area contributed by atoms with Crippen LogP contribution in [0.3, 0.4) is 0 Å². The number of likely N-dealkylation sites (tertiary alicyclic amines) is 1. The second-order valence-corrected chi connectivity index (χ2v) is 4.57. The van der Waals surface area contributed by atoms with E-state index in [4.69, 9.17) is 17.3 Å². The third-order valence-electron chi connectivity index (χ3n) is 2.92. The summed E-state index contributed by atoms with van der Waals surface area (Å²) in [6, 6.07) is 5.02. The summed E-state index contributed by atoms with van der Waals surface area (Å²) in [5.74, 6) is -0.155. The van der Waals surface area contributed by atoms with Crippen LogP contribution in [0.25, 0.3) is 0 Å². The van der Waals surface area contributed by atoms with Gasteiger partial charge in [0.05, 0.1) is 5.02 Å². The molecule has 1 aromatic rings. The van der Waals surface area contributed by atoms with Gasteiger partial charge in [-0.1, -0.05) is 17.7 Å². The molecule has 2 N–H and O–H groups in total. The second kappa shape index (κ2) is 4.08. The van der Waals surface area contributed by atoms with Crippen LogP contribution in [-0.2, 0) is 0 Å². The maximum absolute atomic E-state index is 13.3. The van der Waals surface area contributed by atoms with Crippen molar-refractivity contribution in [2.45, 2.75) is 12.0 Å². The van der Waals surface area contributed by atoms with Crippen LogP contribution in [0.2, 0.25) is 5.02 Å². The molecule has 82 valence electrons. The molecule has 0 spiro atoms. The van der Waals surface area contributed by atoms with Gasteiger partial charge in [-0.2, -0.15) is 0 Å². The first-order valence-corrected chi connectivity index (χ1v) is 5.35. The van der Waals surface area contributed by atoms with Gasteiger partial charge in [0.15, 0.2) is 0 Å². The molecule has 2 unspecified atom stereocenters. The third kappa shape index (κ3) is 2.14. The van der Waals surface area contributed by atoms with Crippen molar-refractivity contribution < 1.29 is 4.39 Å². The quantitative estimate of drug-likeness (QED) is 0.795. The Bertz CT molecular complexity index is 370. The average molecular weight is 229 g/mol. The number of hydrogen-bond acceptors (Lipinski definition) is 2. The molecule has 0 aliphatic carbocycles. The van der Waals surface area contributed by atoms with Crippen molar-refractivity contribution in [1.29, 1.82) is 0 Å². The Labute approximate surface area is 93.8 Å². The lowest BCUT2D eigenvalue weighted by Gasteiger charge is -2.14. The number of nitrogens with two attached hydrogens (primary N) is 1. The van der Waals surface area contributed by atoms with Gasteiger partial charge in [0.1, 0.15) is 5.82 Å². The lowest BCUT2D eigenvalue weighted by molar-refractivity contribution is 0.407. The monoisotopic (exact) mass is 228 g/mol. The Morgan fingerprint density at radius 1 is 1.47 bits per heavy atom. The van der Waals surface area contributed by atoms with Crippen molar-refractivity contribution in [2.24, 2.45) is 5.73 Å². The molecule has 2 nitrogen and oxygen atoms in total. The molecule has 1 heterocycles. The fraction of sp³-hybridized carbons (Fsp3) is 0.455. The van der Waals surface area contributed by atoms with E-state index in [9.17, 15) is 4.39 Å². The molecule has 4 heteroatoms. The summed E-state index contributed by atoms with van der Waals surface area (Å²) >= 11 is 5.64. The van der Waals surface area contributed by atoms with E-state index in [1.807, 2.05) is 13.1 Å². The summed E-state index contributed by atoms with van der Waals surface area (Å²) in [5.41, 5.74) is 6.93. The Hall–Kier alpha value is -0.640. The van der Waals surface area contributed by atoms with E-state index in [0.717, 1.165) is 18.7 Å². The average Bonchev–Trinajstić information content (AvgIpc) is 2.50. The summed E-state index contributed by atoms with van der Waals surface area (Å²) in [6.45, 7) is 1.73. The first-order chi connectivity index (χ1) is 7.08. The number of hydrogen-bond donors (Lipinski definition) is 1. The number of rotatable bonds is 1. The summed E-state index contributed by atoms with van der Waals surface area (Å²) in [7, 11) is 2.02. The number of halogens is 2. The molecule has 2 rings (SSSR count). The van der Waals surface area contributed by atoms with Gasteiger partial charge in [-0.25, -0.2) is 4.39 Å². The molecule has 2 atom stereocenters. The van der Waals surface area contributed by atoms with Crippen LogP contribution in [0.1, 0.15) is 11.5 Å². The Balaban J connectivity index is 2.26. The molecular formula is C11H14ClFN2. The molecule has 1 aliphatic heterocycles. The Morgan fingerprint density at radius 3 is 2.73 bits per heavy atom. The molecular weight excluding hydrogens is 215 g/mol. The van der Waals surface area contributed by atoms with Gasteiger partial charge in [0, 0.05) is 25.0 Å². The summed E-state index contributed by atoms with van der Waals surface area (Å²) in [5, 5.41) is 0.165. The first kappa shape index (κ1) is 10.9. The third-order valence-corrected chi connectivity index (χ3v) is 3.23. The molecule has 1 aromatic carbocycles. The molecule has 0 saturated carbocycles. The van der Waals surface area contributed by atoms with Crippen molar-refractivity contribution >= 4 is 11.6 Å². The molecule has 0 radical (unpaired) electrons. The topological polar surface area (TPSA) is 29.3 Å². The minimum Gasteiger partial charge on any atom is -0.326 e. The smallest absolute Gasteiger partial charge is 0.142 e. The van der Waals surface area contributed by atoms with E-state index in [2.05, 4.69) is 4.90 Å². The minimum absolute atomic E-state index is 0.0792. The van der Waals surface area contributed by atoms with Crippen LogP contribution in [-0.4, -0.2) is 31.1 Å². The maximum Gasteiger partial charge on any atom is 0.142 e. The highest BCUT2D eigenvalue weighted by Crippen LogP contribution is 2.27. The van der Waals surface area contributed by atoms with Gasteiger partial charge in [0.25, 0.3) is 0 Å². The van der Waals surface area contributed by atoms with Crippen LogP contribution in [0, 0.1) is 5.82 Å². The first-order valence-electron chi connectivity index (χ1n) is 4.97. The van der Waals surface area contributed by atoms with Crippen LogP contribution >= 0.6 is 11.6 Å². The zero-order valence-corrected chi connectivity index (χ0v) is 9.34. The molecule has 1 saturated heterocycles. The predicted octanol–water partition coefficient (Wildman–Crippen LogP) is 1.84. The van der Waals surface area contributed by atoms with E-state index >= 15 is 0 Å². The molecule has 0 amide bonds. The molecule has 0 aromatic heterocycles. The van der Waals surface area contributed by atoms with E-state index < -0.39 is 0 Å². The van der Waals surface area contributed by atoms with Crippen LogP contribution in [0.4, 0.5) is 4.39 Å². The molecule has 15 heavy (non-hydrogen) atoms. The molecule has 1 fully saturated rings. The van der Waals surface area contributed by atoms with E-state index in [0.29, 0.717) is 0 Å². The van der Waals surface area contributed by atoms with Gasteiger partial charge in [-0.15, -0.1) is 0 Å². The summed E-state index contributed by atoms with van der Waals surface area (Å²) < 4.78 is 13.3. The highest BCUT2D eigenvalue weighted by Gasteiger charge is 2.29. The van der Waals surface area contributed by atoms with Crippen molar-refractivity contribution in [3.8, 4) is 0 Å². The highest BCUT2D eigenvalue weighted by atomic mass is 35.5. The normalized spacial score (nSPS) is 27.2. The second-order valence-electron chi connectivity index (χ2n) is 4.17. The fourth-order valence-corrected chi connectivity index (χ4v) is 2.25. The Kier molecular flexibility index (Phi) is 2.96. The fourth-order valence-electron chi connectivity index (χ4n) is 2.13. The van der Waals surface area contributed by atoms with Gasteiger partial charge in [0.2, 0.25) is 0 Å². The largest absolute Gasteiger partial charge is 0.326 e. The van der Waals surface area contributed by atoms with Gasteiger partial charge < -0.3 is 10.6 Å². The zero-order chi connectivity index (χ0) is 11.0. The van der Waals surface area contributed by atoms with Gasteiger partial charge >= 0.3 is 0 Å². The van der Waals surface area contributed by atoms with Crippen molar-refractivity contribution in [3.05, 3.63) is 34.6 Å². The number of likely N-dealkylation sites (N-methyl/N-ethyl adjacent to an activating group) is 1.